The number of likely N-dealkylation sites (N-methyl/N-ethyl adjacent to an activating group) is 1. The normalized spacial score (nSPS) is 12.3. The van der Waals surface area contributed by atoms with Crippen molar-refractivity contribution < 1.29 is 9.90 Å². The average molecular weight is 265 g/mol. The van der Waals surface area contributed by atoms with Crippen molar-refractivity contribution in [2.75, 3.05) is 18.0 Å². The van der Waals surface area contributed by atoms with Crippen LogP contribution in [0.5, 0.6) is 0 Å². The molecule has 0 fully saturated rings. The SMILES string of the molecule is CCN(CC(=O)NC(C)C)c1ccc([C@@H](C)O)cn1. The number of nitrogens with one attached hydrogen (secondary N) is 1. The molecule has 0 bridgehead atoms. The number of aliphatic hydroxyl groups is 1. The Kier molecular flexibility index (Phi) is 5.76. The lowest BCUT2D eigenvalue weighted by molar-refractivity contribution is -0.120. The van der Waals surface area contributed by atoms with Gasteiger partial charge in [-0.05, 0) is 39.3 Å². The van der Waals surface area contributed by atoms with E-state index in [2.05, 4.69) is 10.3 Å². The lowest BCUT2D eigenvalue weighted by Gasteiger charge is -2.22. The molecule has 0 saturated carbocycles. The number of rotatable bonds is 6. The second-order valence-corrected chi connectivity index (χ2v) is 4.86. The first-order valence-corrected chi connectivity index (χ1v) is 6.62. The zero-order chi connectivity index (χ0) is 14.4. The Morgan fingerprint density at radius 2 is 2.11 bits per heavy atom. The Morgan fingerprint density at radius 1 is 1.42 bits per heavy atom. The number of pyridine rings is 1. The summed E-state index contributed by atoms with van der Waals surface area (Å²) in [6.45, 7) is 8.53. The van der Waals surface area contributed by atoms with Crippen molar-refractivity contribution in [3.05, 3.63) is 23.9 Å². The maximum atomic E-state index is 11.8. The summed E-state index contributed by atoms with van der Waals surface area (Å²) in [7, 11) is 0. The van der Waals surface area contributed by atoms with E-state index in [1.165, 1.54) is 0 Å². The molecule has 1 rings (SSSR count). The Labute approximate surface area is 114 Å². The lowest BCUT2D eigenvalue weighted by atomic mass is 10.2. The van der Waals surface area contributed by atoms with Crippen LogP contribution in [0.4, 0.5) is 5.82 Å². The highest BCUT2D eigenvalue weighted by atomic mass is 16.3. The van der Waals surface area contributed by atoms with Crippen LogP contribution in [0.1, 0.15) is 39.4 Å². The maximum absolute atomic E-state index is 11.8. The molecule has 5 heteroatoms. The number of carbonyl (C=O) groups excluding carboxylic acids is 1. The van der Waals surface area contributed by atoms with Crippen molar-refractivity contribution in [2.24, 2.45) is 0 Å². The van der Waals surface area contributed by atoms with Crippen LogP contribution in [0, 0.1) is 0 Å². The highest BCUT2D eigenvalue weighted by Crippen LogP contribution is 2.15. The highest BCUT2D eigenvalue weighted by molar-refractivity contribution is 5.81. The maximum Gasteiger partial charge on any atom is 0.239 e. The molecule has 0 saturated heterocycles. The summed E-state index contributed by atoms with van der Waals surface area (Å²) in [4.78, 5) is 17.9. The standard InChI is InChI=1S/C14H23N3O2/c1-5-17(9-14(19)16-10(2)3)13-7-6-12(8-15-13)11(4)18/h6-8,10-11,18H,5,9H2,1-4H3,(H,16,19)/t11-/m1/s1. The number of hydrogen-bond donors (Lipinski definition) is 2. The Morgan fingerprint density at radius 3 is 2.53 bits per heavy atom. The minimum Gasteiger partial charge on any atom is -0.389 e. The molecule has 106 valence electrons. The fourth-order valence-corrected chi connectivity index (χ4v) is 1.73. The molecular weight excluding hydrogens is 242 g/mol. The van der Waals surface area contributed by atoms with E-state index < -0.39 is 6.10 Å². The third-order valence-corrected chi connectivity index (χ3v) is 2.74. The summed E-state index contributed by atoms with van der Waals surface area (Å²) in [6, 6.07) is 3.79. The van der Waals surface area contributed by atoms with E-state index in [1.54, 1.807) is 13.1 Å². The van der Waals surface area contributed by atoms with Gasteiger partial charge in [-0.2, -0.15) is 0 Å². The lowest BCUT2D eigenvalue weighted by Crippen LogP contribution is -2.40. The number of carbonyl (C=O) groups is 1. The van der Waals surface area contributed by atoms with Gasteiger partial charge in [0.25, 0.3) is 0 Å². The van der Waals surface area contributed by atoms with E-state index in [0.717, 1.165) is 11.4 Å². The summed E-state index contributed by atoms with van der Waals surface area (Å²) < 4.78 is 0. The summed E-state index contributed by atoms with van der Waals surface area (Å²) in [5, 5.41) is 12.3. The third kappa shape index (κ3) is 4.87. The van der Waals surface area contributed by atoms with E-state index in [0.29, 0.717) is 6.54 Å². The Bertz CT molecular complexity index is 402. The van der Waals surface area contributed by atoms with Gasteiger partial charge < -0.3 is 15.3 Å². The third-order valence-electron chi connectivity index (χ3n) is 2.74. The van der Waals surface area contributed by atoms with Gasteiger partial charge in [-0.3, -0.25) is 4.79 Å². The van der Waals surface area contributed by atoms with Gasteiger partial charge in [0, 0.05) is 18.8 Å². The fraction of sp³-hybridized carbons (Fsp3) is 0.571. The fourth-order valence-electron chi connectivity index (χ4n) is 1.73. The van der Waals surface area contributed by atoms with E-state index in [9.17, 15) is 9.90 Å². The van der Waals surface area contributed by atoms with E-state index >= 15 is 0 Å². The van der Waals surface area contributed by atoms with Crippen LogP contribution in [-0.2, 0) is 4.79 Å². The summed E-state index contributed by atoms with van der Waals surface area (Å²) >= 11 is 0. The highest BCUT2D eigenvalue weighted by Gasteiger charge is 2.12. The van der Waals surface area contributed by atoms with Crippen LogP contribution in [0.25, 0.3) is 0 Å². The van der Waals surface area contributed by atoms with E-state index in [4.69, 9.17) is 0 Å². The number of amides is 1. The van der Waals surface area contributed by atoms with Crippen molar-refractivity contribution in [3.63, 3.8) is 0 Å². The van der Waals surface area contributed by atoms with Crippen LogP contribution >= 0.6 is 0 Å². The molecule has 2 N–H and O–H groups in total. The van der Waals surface area contributed by atoms with Crippen LogP contribution in [0.3, 0.4) is 0 Å². The van der Waals surface area contributed by atoms with Crippen LogP contribution in [0.15, 0.2) is 18.3 Å². The molecule has 1 amide bonds. The van der Waals surface area contributed by atoms with Gasteiger partial charge in [0.1, 0.15) is 5.82 Å². The quantitative estimate of drug-likeness (QED) is 0.818. The number of aliphatic hydroxyl groups excluding tert-OH is 1. The molecule has 0 unspecified atom stereocenters. The predicted molar refractivity (Wildman–Crippen MR) is 76.0 cm³/mol. The minimum absolute atomic E-state index is 0.0155. The molecule has 0 radical (unpaired) electrons. The van der Waals surface area contributed by atoms with Crippen LogP contribution in [-0.4, -0.2) is 35.1 Å². The zero-order valence-corrected chi connectivity index (χ0v) is 12.1. The number of anilines is 1. The zero-order valence-electron chi connectivity index (χ0n) is 12.1. The predicted octanol–water partition coefficient (Wildman–Crippen LogP) is 1.49. The smallest absolute Gasteiger partial charge is 0.239 e. The van der Waals surface area contributed by atoms with E-state index in [1.807, 2.05) is 37.8 Å². The largest absolute Gasteiger partial charge is 0.389 e. The molecule has 5 nitrogen and oxygen atoms in total. The first-order valence-electron chi connectivity index (χ1n) is 6.62. The first kappa shape index (κ1) is 15.4. The molecule has 1 atom stereocenters. The molecule has 1 aromatic rings. The molecule has 0 aromatic carbocycles. The second-order valence-electron chi connectivity index (χ2n) is 4.86. The number of aromatic nitrogens is 1. The Hall–Kier alpha value is -1.62. The summed E-state index contributed by atoms with van der Waals surface area (Å²) in [5.74, 6) is 0.726. The van der Waals surface area contributed by atoms with Crippen molar-refractivity contribution in [3.8, 4) is 0 Å². The summed E-state index contributed by atoms with van der Waals surface area (Å²) in [5.41, 5.74) is 0.770. The molecule has 0 aliphatic rings. The van der Waals surface area contributed by atoms with Crippen molar-refractivity contribution in [1.29, 1.82) is 0 Å². The monoisotopic (exact) mass is 265 g/mol. The molecule has 0 spiro atoms. The molecular formula is C14H23N3O2. The van der Waals surface area contributed by atoms with Gasteiger partial charge in [0.15, 0.2) is 0 Å². The van der Waals surface area contributed by atoms with E-state index in [-0.39, 0.29) is 18.5 Å². The molecule has 19 heavy (non-hydrogen) atoms. The topological polar surface area (TPSA) is 65.5 Å². The minimum atomic E-state index is -0.527. The Balaban J connectivity index is 2.71. The van der Waals surface area contributed by atoms with Gasteiger partial charge in [-0.25, -0.2) is 4.98 Å². The number of nitrogens with zero attached hydrogens (tertiary/aromatic N) is 2. The van der Waals surface area contributed by atoms with Gasteiger partial charge >= 0.3 is 0 Å². The second kappa shape index (κ2) is 7.09. The van der Waals surface area contributed by atoms with Gasteiger partial charge in [-0.15, -0.1) is 0 Å². The molecule has 1 heterocycles. The summed E-state index contributed by atoms with van der Waals surface area (Å²) in [6.07, 6.45) is 1.11. The van der Waals surface area contributed by atoms with Crippen molar-refractivity contribution in [1.82, 2.24) is 10.3 Å². The molecule has 0 aliphatic carbocycles. The molecule has 1 aromatic heterocycles. The van der Waals surface area contributed by atoms with Crippen LogP contribution < -0.4 is 10.2 Å². The molecule has 0 aliphatic heterocycles. The van der Waals surface area contributed by atoms with Gasteiger partial charge in [0.2, 0.25) is 5.91 Å². The van der Waals surface area contributed by atoms with Gasteiger partial charge in [-0.1, -0.05) is 6.07 Å². The number of hydrogen-bond acceptors (Lipinski definition) is 4. The van der Waals surface area contributed by atoms with Crippen molar-refractivity contribution >= 4 is 11.7 Å². The van der Waals surface area contributed by atoms with Gasteiger partial charge in [0.05, 0.1) is 12.6 Å². The first-order chi connectivity index (χ1) is 8.93. The van der Waals surface area contributed by atoms with Crippen LogP contribution in [0.2, 0.25) is 0 Å². The van der Waals surface area contributed by atoms with Crippen molar-refractivity contribution in [2.45, 2.75) is 39.8 Å². The average Bonchev–Trinajstić information content (AvgIpc) is 2.35.